The van der Waals surface area contributed by atoms with Crippen molar-refractivity contribution >= 4 is 6.03 Å². The lowest BCUT2D eigenvalue weighted by atomic mass is 10.2. The number of hydrogen-bond acceptors (Lipinski definition) is 1. The van der Waals surface area contributed by atoms with E-state index in [0.717, 1.165) is 19.5 Å². The van der Waals surface area contributed by atoms with Crippen LogP contribution >= 0.6 is 0 Å². The van der Waals surface area contributed by atoms with Crippen molar-refractivity contribution in [1.29, 1.82) is 0 Å². The molecule has 0 bridgehead atoms. The zero-order valence-electron chi connectivity index (χ0n) is 6.84. The van der Waals surface area contributed by atoms with Crippen molar-refractivity contribution in [3.8, 4) is 0 Å². The second-order valence-corrected chi connectivity index (χ2v) is 2.64. The molecule has 0 aromatic rings. The van der Waals surface area contributed by atoms with Crippen molar-refractivity contribution in [1.82, 2.24) is 10.2 Å². The van der Waals surface area contributed by atoms with Gasteiger partial charge in [0.05, 0.1) is 6.04 Å². The zero-order chi connectivity index (χ0) is 8.27. The highest BCUT2D eigenvalue weighted by Gasteiger charge is 2.23. The van der Waals surface area contributed by atoms with E-state index in [1.807, 2.05) is 11.0 Å². The maximum Gasteiger partial charge on any atom is 0.318 e. The van der Waals surface area contributed by atoms with E-state index in [1.165, 1.54) is 0 Å². The lowest BCUT2D eigenvalue weighted by Crippen LogP contribution is -2.36. The van der Waals surface area contributed by atoms with Gasteiger partial charge < -0.3 is 10.2 Å². The summed E-state index contributed by atoms with van der Waals surface area (Å²) in [6.07, 6.45) is 2.77. The molecule has 1 atom stereocenters. The van der Waals surface area contributed by atoms with Gasteiger partial charge in [-0.1, -0.05) is 13.0 Å². The fraction of sp³-hybridized carbons (Fsp3) is 0.625. The molecule has 1 aliphatic rings. The third-order valence-corrected chi connectivity index (χ3v) is 1.98. The summed E-state index contributed by atoms with van der Waals surface area (Å²) in [6.45, 7) is 7.32. The van der Waals surface area contributed by atoms with Gasteiger partial charge in [0.2, 0.25) is 0 Å². The van der Waals surface area contributed by atoms with E-state index in [4.69, 9.17) is 0 Å². The van der Waals surface area contributed by atoms with Crippen LogP contribution in [0.5, 0.6) is 0 Å². The number of nitrogens with one attached hydrogen (secondary N) is 1. The molecule has 1 N–H and O–H groups in total. The molecule has 3 heteroatoms. The molecule has 0 spiro atoms. The van der Waals surface area contributed by atoms with E-state index in [9.17, 15) is 4.79 Å². The molecular weight excluding hydrogens is 140 g/mol. The van der Waals surface area contributed by atoms with E-state index >= 15 is 0 Å². The molecule has 1 unspecified atom stereocenters. The molecule has 11 heavy (non-hydrogen) atoms. The third-order valence-electron chi connectivity index (χ3n) is 1.98. The summed E-state index contributed by atoms with van der Waals surface area (Å²) in [5.74, 6) is 0. The second kappa shape index (κ2) is 3.42. The van der Waals surface area contributed by atoms with Gasteiger partial charge in [0.15, 0.2) is 0 Å². The fourth-order valence-corrected chi connectivity index (χ4v) is 1.32. The van der Waals surface area contributed by atoms with Crippen LogP contribution in [0.1, 0.15) is 13.3 Å². The number of nitrogens with zero attached hydrogens (tertiary/aromatic N) is 1. The van der Waals surface area contributed by atoms with Gasteiger partial charge in [-0.05, 0) is 6.42 Å². The number of carbonyl (C=O) groups is 1. The van der Waals surface area contributed by atoms with Crippen molar-refractivity contribution in [3.05, 3.63) is 12.7 Å². The Kier molecular flexibility index (Phi) is 2.52. The van der Waals surface area contributed by atoms with E-state index in [1.54, 1.807) is 0 Å². The number of urea groups is 1. The first-order valence-corrected chi connectivity index (χ1v) is 3.96. The van der Waals surface area contributed by atoms with Crippen molar-refractivity contribution in [3.63, 3.8) is 0 Å². The topological polar surface area (TPSA) is 32.3 Å². The van der Waals surface area contributed by atoms with Gasteiger partial charge in [0.25, 0.3) is 0 Å². The molecule has 0 aliphatic carbocycles. The van der Waals surface area contributed by atoms with Crippen LogP contribution in [0.25, 0.3) is 0 Å². The lowest BCUT2D eigenvalue weighted by Gasteiger charge is -2.21. The minimum atomic E-state index is 0.0387. The maximum absolute atomic E-state index is 11.1. The largest absolute Gasteiger partial charge is 0.336 e. The predicted molar refractivity (Wildman–Crippen MR) is 44.4 cm³/mol. The molecule has 1 fully saturated rings. The van der Waals surface area contributed by atoms with Crippen LogP contribution in [0, 0.1) is 0 Å². The van der Waals surface area contributed by atoms with Gasteiger partial charge in [-0.3, -0.25) is 0 Å². The highest BCUT2D eigenvalue weighted by molar-refractivity contribution is 5.76. The number of hydrogen-bond donors (Lipinski definition) is 1. The number of rotatable bonds is 3. The standard InChI is InChI=1S/C8H14N2O/c1-3-7(4-2)10-6-5-9-8(10)11/h3,7H,1,4-6H2,2H3,(H,9,11). The molecule has 3 nitrogen and oxygen atoms in total. The summed E-state index contributed by atoms with van der Waals surface area (Å²) in [5.41, 5.74) is 0. The van der Waals surface area contributed by atoms with Crippen molar-refractivity contribution in [2.75, 3.05) is 13.1 Å². The van der Waals surface area contributed by atoms with E-state index in [2.05, 4.69) is 18.8 Å². The van der Waals surface area contributed by atoms with Crippen LogP contribution in [0.2, 0.25) is 0 Å². The summed E-state index contributed by atoms with van der Waals surface area (Å²) >= 11 is 0. The normalized spacial score (nSPS) is 19.7. The number of carbonyl (C=O) groups excluding carboxylic acids is 1. The van der Waals surface area contributed by atoms with Crippen LogP contribution in [0.3, 0.4) is 0 Å². The fourth-order valence-electron chi connectivity index (χ4n) is 1.32. The van der Waals surface area contributed by atoms with Crippen molar-refractivity contribution in [2.45, 2.75) is 19.4 Å². The highest BCUT2D eigenvalue weighted by atomic mass is 16.2. The van der Waals surface area contributed by atoms with Crippen molar-refractivity contribution in [2.24, 2.45) is 0 Å². The maximum atomic E-state index is 11.1. The molecule has 2 amide bonds. The minimum Gasteiger partial charge on any atom is -0.336 e. The molecule has 62 valence electrons. The van der Waals surface area contributed by atoms with Crippen LogP contribution in [0.4, 0.5) is 4.79 Å². The molecule has 1 rings (SSSR count). The zero-order valence-corrected chi connectivity index (χ0v) is 6.84. The SMILES string of the molecule is C=CC(CC)N1CCNC1=O. The first-order valence-electron chi connectivity index (χ1n) is 3.96. The third kappa shape index (κ3) is 1.53. The van der Waals surface area contributed by atoms with Crippen LogP contribution < -0.4 is 5.32 Å². The molecular formula is C8H14N2O. The smallest absolute Gasteiger partial charge is 0.318 e. The Balaban J connectivity index is 2.56. The van der Waals surface area contributed by atoms with Crippen LogP contribution in [0.15, 0.2) is 12.7 Å². The van der Waals surface area contributed by atoms with Crippen LogP contribution in [-0.4, -0.2) is 30.1 Å². The van der Waals surface area contributed by atoms with Gasteiger partial charge in [0.1, 0.15) is 0 Å². The molecule has 1 saturated heterocycles. The van der Waals surface area contributed by atoms with Crippen LogP contribution in [-0.2, 0) is 0 Å². The summed E-state index contributed by atoms with van der Waals surface area (Å²) in [5, 5.41) is 2.76. The Bertz CT molecular complexity index is 167. The Labute approximate surface area is 67.1 Å². The monoisotopic (exact) mass is 154 g/mol. The Hall–Kier alpha value is -0.990. The predicted octanol–water partition coefficient (Wildman–Crippen LogP) is 0.976. The van der Waals surface area contributed by atoms with Crippen molar-refractivity contribution < 1.29 is 4.79 Å². The van der Waals surface area contributed by atoms with E-state index < -0.39 is 0 Å². The highest BCUT2D eigenvalue weighted by Crippen LogP contribution is 2.08. The average molecular weight is 154 g/mol. The van der Waals surface area contributed by atoms with Gasteiger partial charge in [0, 0.05) is 13.1 Å². The van der Waals surface area contributed by atoms with Gasteiger partial charge in [-0.25, -0.2) is 4.79 Å². The quantitative estimate of drug-likeness (QED) is 0.604. The Morgan fingerprint density at radius 2 is 2.64 bits per heavy atom. The lowest BCUT2D eigenvalue weighted by molar-refractivity contribution is 0.206. The number of amides is 2. The Morgan fingerprint density at radius 3 is 3.00 bits per heavy atom. The minimum absolute atomic E-state index is 0.0387. The molecule has 1 aliphatic heterocycles. The second-order valence-electron chi connectivity index (χ2n) is 2.64. The van der Waals surface area contributed by atoms with E-state index in [-0.39, 0.29) is 12.1 Å². The molecule has 0 aromatic carbocycles. The summed E-state index contributed by atoms with van der Waals surface area (Å²) in [6, 6.07) is 0.245. The average Bonchev–Trinajstić information content (AvgIpc) is 2.40. The van der Waals surface area contributed by atoms with Gasteiger partial charge in [-0.2, -0.15) is 0 Å². The molecule has 0 radical (unpaired) electrons. The summed E-state index contributed by atoms with van der Waals surface area (Å²) in [4.78, 5) is 12.9. The summed E-state index contributed by atoms with van der Waals surface area (Å²) < 4.78 is 0. The first-order chi connectivity index (χ1) is 5.29. The summed E-state index contributed by atoms with van der Waals surface area (Å²) in [7, 11) is 0. The molecule has 0 aromatic heterocycles. The van der Waals surface area contributed by atoms with Gasteiger partial charge in [-0.15, -0.1) is 6.58 Å². The van der Waals surface area contributed by atoms with E-state index in [0.29, 0.717) is 0 Å². The first kappa shape index (κ1) is 8.11. The molecule has 1 heterocycles. The van der Waals surface area contributed by atoms with Gasteiger partial charge >= 0.3 is 6.03 Å². The Morgan fingerprint density at radius 1 is 1.91 bits per heavy atom. The molecule has 0 saturated carbocycles.